The Balaban J connectivity index is 1.71. The van der Waals surface area contributed by atoms with Gasteiger partial charge in [0.25, 0.3) is 0 Å². The van der Waals surface area contributed by atoms with Crippen LogP contribution in [0.1, 0.15) is 20.5 Å². The summed E-state index contributed by atoms with van der Waals surface area (Å²) in [4.78, 5) is 11.2. The average Bonchev–Trinajstić information content (AvgIpc) is 2.83. The zero-order chi connectivity index (χ0) is 11.4. The van der Waals surface area contributed by atoms with Gasteiger partial charge in [-0.3, -0.25) is 0 Å². The highest BCUT2D eigenvalue weighted by Gasteiger charge is 2.01. The van der Waals surface area contributed by atoms with Crippen LogP contribution in [-0.2, 0) is 13.0 Å². The molecular weight excluding hydrogens is 238 g/mol. The summed E-state index contributed by atoms with van der Waals surface area (Å²) in [5, 5.41) is 4.56. The molecule has 0 radical (unpaired) electrons. The Hall–Kier alpha value is -0.780. The number of hydrogen-bond donors (Lipinski definition) is 1. The lowest BCUT2D eigenvalue weighted by Gasteiger charge is -2.01. The van der Waals surface area contributed by atoms with Crippen LogP contribution in [0.15, 0.2) is 11.7 Å². The highest BCUT2D eigenvalue weighted by Crippen LogP contribution is 2.13. The summed E-state index contributed by atoms with van der Waals surface area (Å²) < 4.78 is 0. The molecule has 2 aromatic rings. The fourth-order valence-corrected chi connectivity index (χ4v) is 3.01. The number of nitrogens with one attached hydrogen (secondary N) is 1. The van der Waals surface area contributed by atoms with E-state index in [4.69, 9.17) is 0 Å². The van der Waals surface area contributed by atoms with Gasteiger partial charge in [-0.1, -0.05) is 0 Å². The normalized spacial score (nSPS) is 10.9. The molecule has 2 rings (SSSR count). The van der Waals surface area contributed by atoms with Crippen LogP contribution >= 0.6 is 22.7 Å². The topological polar surface area (TPSA) is 37.8 Å². The summed E-state index contributed by atoms with van der Waals surface area (Å²) in [6, 6.07) is 0. The molecule has 0 aliphatic rings. The molecule has 5 heteroatoms. The van der Waals surface area contributed by atoms with E-state index in [-0.39, 0.29) is 0 Å². The van der Waals surface area contributed by atoms with E-state index in [9.17, 15) is 0 Å². The summed E-state index contributed by atoms with van der Waals surface area (Å²) in [6.45, 7) is 6.02. The van der Waals surface area contributed by atoms with Gasteiger partial charge in [-0.15, -0.1) is 22.7 Å². The van der Waals surface area contributed by atoms with E-state index in [1.165, 1.54) is 15.4 Å². The smallest absolute Gasteiger partial charge is 0.0897 e. The molecule has 0 fully saturated rings. The van der Waals surface area contributed by atoms with Crippen molar-refractivity contribution in [2.24, 2.45) is 0 Å². The van der Waals surface area contributed by atoms with Gasteiger partial charge in [0.1, 0.15) is 0 Å². The largest absolute Gasteiger partial charge is 0.311 e. The third kappa shape index (κ3) is 3.10. The quantitative estimate of drug-likeness (QED) is 0.832. The van der Waals surface area contributed by atoms with E-state index in [1.807, 2.05) is 18.6 Å². The van der Waals surface area contributed by atoms with Gasteiger partial charge in [0.05, 0.1) is 16.2 Å². The lowest BCUT2D eigenvalue weighted by Crippen LogP contribution is -2.15. The fourth-order valence-electron chi connectivity index (χ4n) is 1.47. The summed E-state index contributed by atoms with van der Waals surface area (Å²) in [6.07, 6.45) is 3.01. The first-order valence-electron chi connectivity index (χ1n) is 5.26. The van der Waals surface area contributed by atoms with Crippen LogP contribution in [-0.4, -0.2) is 16.5 Å². The number of nitrogens with zero attached hydrogens (tertiary/aromatic N) is 2. The van der Waals surface area contributed by atoms with Gasteiger partial charge in [0.2, 0.25) is 0 Å². The highest BCUT2D eigenvalue weighted by atomic mass is 32.1. The van der Waals surface area contributed by atoms with E-state index in [1.54, 1.807) is 22.7 Å². The van der Waals surface area contributed by atoms with Crippen molar-refractivity contribution < 1.29 is 0 Å². The molecule has 0 bridgehead atoms. The standard InChI is InChI=1S/C11H15N3S2/c1-8-11(15-7-14-8)3-4-12-5-10-6-13-9(2)16-10/h6-7,12H,3-5H2,1-2H3. The summed E-state index contributed by atoms with van der Waals surface area (Å²) in [5.41, 5.74) is 3.08. The van der Waals surface area contributed by atoms with Crippen molar-refractivity contribution in [1.29, 1.82) is 0 Å². The SMILES string of the molecule is Cc1ncc(CNCCc2scnc2C)s1. The van der Waals surface area contributed by atoms with Gasteiger partial charge in [-0.05, 0) is 20.3 Å². The Kier molecular flexibility index (Phi) is 4.04. The predicted molar refractivity (Wildman–Crippen MR) is 69.1 cm³/mol. The molecule has 0 spiro atoms. The number of rotatable bonds is 5. The van der Waals surface area contributed by atoms with Crippen LogP contribution in [0.4, 0.5) is 0 Å². The minimum absolute atomic E-state index is 0.920. The first kappa shape index (κ1) is 11.7. The van der Waals surface area contributed by atoms with Crippen molar-refractivity contribution >= 4 is 22.7 Å². The molecule has 0 unspecified atom stereocenters. The molecule has 0 aliphatic heterocycles. The molecule has 0 aromatic carbocycles. The Bertz CT molecular complexity index is 448. The second-order valence-corrected chi connectivity index (χ2v) is 5.89. The Labute approximate surface area is 104 Å². The van der Waals surface area contributed by atoms with Crippen LogP contribution in [0, 0.1) is 13.8 Å². The van der Waals surface area contributed by atoms with E-state index >= 15 is 0 Å². The molecule has 0 aliphatic carbocycles. The summed E-state index contributed by atoms with van der Waals surface area (Å²) >= 11 is 3.49. The van der Waals surface area contributed by atoms with E-state index in [0.717, 1.165) is 24.5 Å². The zero-order valence-corrected chi connectivity index (χ0v) is 11.1. The van der Waals surface area contributed by atoms with Crippen molar-refractivity contribution in [3.63, 3.8) is 0 Å². The third-order valence-electron chi connectivity index (χ3n) is 2.34. The Morgan fingerprint density at radius 2 is 2.19 bits per heavy atom. The zero-order valence-electron chi connectivity index (χ0n) is 9.49. The van der Waals surface area contributed by atoms with Gasteiger partial charge in [0, 0.05) is 29.0 Å². The van der Waals surface area contributed by atoms with Crippen LogP contribution in [0.25, 0.3) is 0 Å². The van der Waals surface area contributed by atoms with Crippen molar-refractivity contribution in [1.82, 2.24) is 15.3 Å². The molecule has 0 atom stereocenters. The van der Waals surface area contributed by atoms with Gasteiger partial charge < -0.3 is 5.32 Å². The molecular formula is C11H15N3S2. The average molecular weight is 253 g/mol. The van der Waals surface area contributed by atoms with Crippen molar-refractivity contribution in [3.05, 3.63) is 32.2 Å². The van der Waals surface area contributed by atoms with Crippen molar-refractivity contribution in [2.75, 3.05) is 6.54 Å². The lowest BCUT2D eigenvalue weighted by atomic mass is 10.3. The predicted octanol–water partition coefficient (Wildman–Crippen LogP) is 2.55. The maximum atomic E-state index is 4.24. The molecule has 0 saturated carbocycles. The van der Waals surface area contributed by atoms with Gasteiger partial charge in [0.15, 0.2) is 0 Å². The minimum atomic E-state index is 0.920. The molecule has 86 valence electrons. The van der Waals surface area contributed by atoms with Gasteiger partial charge in [-0.25, -0.2) is 9.97 Å². The molecule has 3 nitrogen and oxygen atoms in total. The lowest BCUT2D eigenvalue weighted by molar-refractivity contribution is 0.694. The van der Waals surface area contributed by atoms with Crippen LogP contribution < -0.4 is 5.32 Å². The molecule has 16 heavy (non-hydrogen) atoms. The highest BCUT2D eigenvalue weighted by molar-refractivity contribution is 7.11. The monoisotopic (exact) mass is 253 g/mol. The van der Waals surface area contributed by atoms with Crippen LogP contribution in [0.2, 0.25) is 0 Å². The Morgan fingerprint density at radius 3 is 2.81 bits per heavy atom. The second-order valence-electron chi connectivity index (χ2n) is 3.63. The summed E-state index contributed by atoms with van der Waals surface area (Å²) in [5.74, 6) is 0. The molecule has 2 heterocycles. The second kappa shape index (κ2) is 5.52. The number of aryl methyl sites for hydroxylation is 2. The minimum Gasteiger partial charge on any atom is -0.311 e. The van der Waals surface area contributed by atoms with Crippen molar-refractivity contribution in [3.8, 4) is 0 Å². The van der Waals surface area contributed by atoms with E-state index in [2.05, 4.69) is 22.2 Å². The number of aromatic nitrogens is 2. The van der Waals surface area contributed by atoms with Crippen LogP contribution in [0.5, 0.6) is 0 Å². The molecule has 0 saturated heterocycles. The van der Waals surface area contributed by atoms with E-state index in [0.29, 0.717) is 0 Å². The van der Waals surface area contributed by atoms with E-state index < -0.39 is 0 Å². The Morgan fingerprint density at radius 1 is 1.31 bits per heavy atom. The summed E-state index contributed by atoms with van der Waals surface area (Å²) in [7, 11) is 0. The molecule has 0 amide bonds. The van der Waals surface area contributed by atoms with Crippen LogP contribution in [0.3, 0.4) is 0 Å². The third-order valence-corrected chi connectivity index (χ3v) is 4.25. The number of thiazole rings is 2. The molecule has 2 aromatic heterocycles. The maximum absolute atomic E-state index is 4.24. The number of hydrogen-bond acceptors (Lipinski definition) is 5. The van der Waals surface area contributed by atoms with Gasteiger partial charge >= 0.3 is 0 Å². The van der Waals surface area contributed by atoms with Gasteiger partial charge in [-0.2, -0.15) is 0 Å². The maximum Gasteiger partial charge on any atom is 0.0897 e. The van der Waals surface area contributed by atoms with Crippen molar-refractivity contribution in [2.45, 2.75) is 26.8 Å². The molecule has 1 N–H and O–H groups in total. The first-order chi connectivity index (χ1) is 7.75. The first-order valence-corrected chi connectivity index (χ1v) is 6.96. The fraction of sp³-hybridized carbons (Fsp3) is 0.455.